The van der Waals surface area contributed by atoms with E-state index in [-0.39, 0.29) is 19.3 Å². The second-order valence-corrected chi connectivity index (χ2v) is 5.76. The molecule has 1 N–H and O–H groups in total. The van der Waals surface area contributed by atoms with Gasteiger partial charge in [-0.25, -0.2) is 4.79 Å². The highest BCUT2D eigenvalue weighted by atomic mass is 17.0. The van der Waals surface area contributed by atoms with E-state index in [1.807, 2.05) is 0 Å². The zero-order valence-electron chi connectivity index (χ0n) is 13.5. The van der Waals surface area contributed by atoms with Gasteiger partial charge in [-0.2, -0.15) is 0 Å². The molecular weight excluding hydrogens is 332 g/mol. The Morgan fingerprint density at radius 3 is 2.21 bits per heavy atom. The summed E-state index contributed by atoms with van der Waals surface area (Å²) in [6.07, 6.45) is -3.65. The van der Waals surface area contributed by atoms with Gasteiger partial charge in [0.15, 0.2) is 5.78 Å². The van der Waals surface area contributed by atoms with Crippen molar-refractivity contribution in [3.63, 3.8) is 0 Å². The van der Waals surface area contributed by atoms with Crippen LogP contribution in [-0.2, 0) is 24.0 Å². The highest BCUT2D eigenvalue weighted by Gasteiger charge is 2.29. The molecule has 0 aromatic heterocycles. The third-order valence-electron chi connectivity index (χ3n) is 2.49. The number of aliphatic hydroxyl groups is 1. The maximum atomic E-state index is 11.7. The predicted molar refractivity (Wildman–Crippen MR) is 75.5 cm³/mol. The van der Waals surface area contributed by atoms with Gasteiger partial charge in [0, 0.05) is 6.42 Å². The Hall–Kier alpha value is -2.50. The molecule has 0 spiro atoms. The van der Waals surface area contributed by atoms with Crippen molar-refractivity contribution in [2.75, 3.05) is 6.61 Å². The molecule has 0 aromatic rings. The molecule has 12 nitrogen and oxygen atoms in total. The standard InChI is InChI=1S/C12H20N2O10/c1-12(2,3)23-11(17)10(16)9(15)6-4-5-8(24-14(20)21)7-22-13(18)19/h8,10,16H,4-7H2,1-3H3/t8-,10?/m1/s1. The van der Waals surface area contributed by atoms with Gasteiger partial charge in [-0.15, -0.1) is 20.2 Å². The van der Waals surface area contributed by atoms with Crippen LogP contribution < -0.4 is 0 Å². The van der Waals surface area contributed by atoms with Gasteiger partial charge in [0.05, 0.1) is 0 Å². The number of carbonyl (C=O) groups excluding carboxylic acids is 2. The maximum Gasteiger partial charge on any atom is 0.343 e. The van der Waals surface area contributed by atoms with Crippen LogP contribution in [0.25, 0.3) is 0 Å². The number of ketones is 1. The van der Waals surface area contributed by atoms with Crippen LogP contribution in [0.15, 0.2) is 0 Å². The van der Waals surface area contributed by atoms with E-state index in [1.54, 1.807) is 20.8 Å². The Labute approximate surface area is 136 Å². The van der Waals surface area contributed by atoms with E-state index >= 15 is 0 Å². The monoisotopic (exact) mass is 352 g/mol. The van der Waals surface area contributed by atoms with E-state index in [9.17, 15) is 34.9 Å². The number of esters is 1. The normalized spacial score (nSPS) is 13.5. The fourth-order valence-electron chi connectivity index (χ4n) is 1.56. The van der Waals surface area contributed by atoms with E-state index in [1.165, 1.54) is 0 Å². The minimum Gasteiger partial charge on any atom is -0.458 e. The van der Waals surface area contributed by atoms with Crippen molar-refractivity contribution in [2.24, 2.45) is 0 Å². The topological polar surface area (TPSA) is 168 Å². The molecule has 1 unspecified atom stereocenters. The second-order valence-electron chi connectivity index (χ2n) is 5.76. The third-order valence-corrected chi connectivity index (χ3v) is 2.49. The van der Waals surface area contributed by atoms with Crippen LogP contribution in [0.4, 0.5) is 0 Å². The first kappa shape index (κ1) is 21.5. The number of Topliss-reactive ketones (excluding diaryl/α,β-unsaturated/α-hetero) is 1. The smallest absolute Gasteiger partial charge is 0.343 e. The van der Waals surface area contributed by atoms with Gasteiger partial charge in [0.2, 0.25) is 6.10 Å². The van der Waals surface area contributed by atoms with Crippen LogP contribution in [0, 0.1) is 20.2 Å². The molecule has 138 valence electrons. The van der Waals surface area contributed by atoms with Crippen molar-refractivity contribution < 1.29 is 39.3 Å². The van der Waals surface area contributed by atoms with Gasteiger partial charge in [-0.05, 0) is 33.6 Å². The molecule has 0 aliphatic heterocycles. The number of aliphatic hydroxyl groups excluding tert-OH is 1. The van der Waals surface area contributed by atoms with Gasteiger partial charge < -0.3 is 19.5 Å². The Bertz CT molecular complexity index is 473. The van der Waals surface area contributed by atoms with E-state index in [4.69, 9.17) is 4.74 Å². The summed E-state index contributed by atoms with van der Waals surface area (Å²) in [5.74, 6) is -1.93. The summed E-state index contributed by atoms with van der Waals surface area (Å²) in [5.41, 5.74) is -0.872. The first-order valence-electron chi connectivity index (χ1n) is 6.94. The van der Waals surface area contributed by atoms with Crippen molar-refractivity contribution in [3.05, 3.63) is 20.2 Å². The van der Waals surface area contributed by atoms with Gasteiger partial charge >= 0.3 is 5.97 Å². The number of carbonyl (C=O) groups is 2. The Morgan fingerprint density at radius 1 is 1.17 bits per heavy atom. The molecule has 24 heavy (non-hydrogen) atoms. The Balaban J connectivity index is 4.37. The second kappa shape index (κ2) is 9.60. The molecule has 12 heteroatoms. The van der Waals surface area contributed by atoms with E-state index < -0.39 is 46.3 Å². The van der Waals surface area contributed by atoms with Crippen LogP contribution in [0.1, 0.15) is 40.0 Å². The molecule has 0 saturated heterocycles. The van der Waals surface area contributed by atoms with Crippen molar-refractivity contribution in [3.8, 4) is 0 Å². The first-order valence-corrected chi connectivity index (χ1v) is 6.94. The van der Waals surface area contributed by atoms with Crippen LogP contribution in [0.3, 0.4) is 0 Å². The number of nitrogens with zero attached hydrogens (tertiary/aromatic N) is 2. The molecule has 0 amide bonds. The van der Waals surface area contributed by atoms with Gasteiger partial charge in [0.25, 0.3) is 10.2 Å². The van der Waals surface area contributed by atoms with Crippen LogP contribution in [0.2, 0.25) is 0 Å². The molecule has 0 aliphatic carbocycles. The number of hydrogen-bond donors (Lipinski definition) is 1. The average Bonchev–Trinajstić information content (AvgIpc) is 2.40. The molecule has 0 saturated carbocycles. The third kappa shape index (κ3) is 10.3. The van der Waals surface area contributed by atoms with Gasteiger partial charge in [0.1, 0.15) is 18.3 Å². The van der Waals surface area contributed by atoms with Crippen molar-refractivity contribution in [1.29, 1.82) is 0 Å². The number of ether oxygens (including phenoxy) is 1. The lowest BCUT2D eigenvalue weighted by Gasteiger charge is -2.21. The fraction of sp³-hybridized carbons (Fsp3) is 0.833. The lowest BCUT2D eigenvalue weighted by atomic mass is 10.1. The minimum atomic E-state index is -1.96. The largest absolute Gasteiger partial charge is 0.458 e. The van der Waals surface area contributed by atoms with Crippen molar-refractivity contribution in [2.45, 2.75) is 57.8 Å². The minimum absolute atomic E-state index is 0.0156. The summed E-state index contributed by atoms with van der Waals surface area (Å²) < 4.78 is 4.85. The molecule has 0 aromatic carbocycles. The Kier molecular flexibility index (Phi) is 8.60. The zero-order chi connectivity index (χ0) is 18.9. The highest BCUT2D eigenvalue weighted by molar-refractivity contribution is 6.01. The number of hydrogen-bond acceptors (Lipinski definition) is 10. The van der Waals surface area contributed by atoms with Crippen LogP contribution >= 0.6 is 0 Å². The first-order chi connectivity index (χ1) is 10.9. The fourth-order valence-corrected chi connectivity index (χ4v) is 1.56. The molecule has 0 rings (SSSR count). The maximum absolute atomic E-state index is 11.7. The summed E-state index contributed by atoms with van der Waals surface area (Å²) in [5, 5.41) is 27.6. The summed E-state index contributed by atoms with van der Waals surface area (Å²) in [6, 6.07) is 0. The average molecular weight is 352 g/mol. The number of rotatable bonds is 11. The molecule has 0 aliphatic rings. The molecule has 2 atom stereocenters. The zero-order valence-corrected chi connectivity index (χ0v) is 13.5. The summed E-state index contributed by atoms with van der Waals surface area (Å²) in [4.78, 5) is 51.7. The van der Waals surface area contributed by atoms with Crippen LogP contribution in [-0.4, -0.2) is 51.4 Å². The summed E-state index contributed by atoms with van der Waals surface area (Å²) >= 11 is 0. The lowest BCUT2D eigenvalue weighted by Crippen LogP contribution is -2.36. The molecule has 0 bridgehead atoms. The summed E-state index contributed by atoms with van der Waals surface area (Å²) in [7, 11) is 0. The molecule has 0 heterocycles. The SMILES string of the molecule is CC(C)(C)OC(=O)C(O)C(=O)CCC[C@H](CO[N+](=O)[O-])O[N+](=O)[O-]. The Morgan fingerprint density at radius 2 is 1.75 bits per heavy atom. The predicted octanol–water partition coefficient (Wildman–Crippen LogP) is 0.214. The van der Waals surface area contributed by atoms with Crippen molar-refractivity contribution in [1.82, 2.24) is 0 Å². The molecular formula is C12H20N2O10. The van der Waals surface area contributed by atoms with Gasteiger partial charge in [-0.3, -0.25) is 4.79 Å². The molecule has 0 fully saturated rings. The summed E-state index contributed by atoms with van der Waals surface area (Å²) in [6.45, 7) is 4.02. The van der Waals surface area contributed by atoms with E-state index in [0.717, 1.165) is 0 Å². The van der Waals surface area contributed by atoms with Gasteiger partial charge in [-0.1, -0.05) is 0 Å². The van der Waals surface area contributed by atoms with E-state index in [2.05, 4.69) is 9.68 Å². The van der Waals surface area contributed by atoms with Crippen molar-refractivity contribution >= 4 is 11.8 Å². The van der Waals surface area contributed by atoms with E-state index in [0.29, 0.717) is 0 Å². The quantitative estimate of drug-likeness (QED) is 0.235. The molecule has 0 radical (unpaired) electrons. The lowest BCUT2D eigenvalue weighted by molar-refractivity contribution is -0.790. The van der Waals surface area contributed by atoms with Crippen LogP contribution in [0.5, 0.6) is 0 Å². The highest BCUT2D eigenvalue weighted by Crippen LogP contribution is 2.12.